The van der Waals surface area contributed by atoms with Crippen LogP contribution in [0.25, 0.3) is 0 Å². The molecule has 0 aliphatic carbocycles. The smallest absolute Gasteiger partial charge is 0.231 e. The molecule has 0 amide bonds. The van der Waals surface area contributed by atoms with Crippen molar-refractivity contribution in [2.75, 3.05) is 39.5 Å². The van der Waals surface area contributed by atoms with Gasteiger partial charge in [0.15, 0.2) is 11.5 Å². The summed E-state index contributed by atoms with van der Waals surface area (Å²) >= 11 is 0. The highest BCUT2D eigenvalue weighted by atomic mass is 16.7. The van der Waals surface area contributed by atoms with Gasteiger partial charge in [-0.05, 0) is 37.1 Å². The molecular weight excluding hydrogens is 268 g/mol. The van der Waals surface area contributed by atoms with Crippen molar-refractivity contribution in [2.45, 2.75) is 25.0 Å². The zero-order valence-electron chi connectivity index (χ0n) is 12.2. The number of nitrogens with zero attached hydrogens (tertiary/aromatic N) is 2. The average Bonchev–Trinajstić information content (AvgIpc) is 3.14. The van der Waals surface area contributed by atoms with Crippen molar-refractivity contribution in [3.05, 3.63) is 23.8 Å². The number of piperazine rings is 1. The van der Waals surface area contributed by atoms with E-state index in [1.807, 2.05) is 18.2 Å². The number of aliphatic hydroxyl groups excluding tert-OH is 1. The molecule has 1 aromatic rings. The summed E-state index contributed by atoms with van der Waals surface area (Å²) in [6.45, 7) is 5.50. The molecule has 4 rings (SSSR count). The molecular formula is C16H22N2O3. The summed E-state index contributed by atoms with van der Waals surface area (Å²) in [7, 11) is 0. The second-order valence-electron chi connectivity index (χ2n) is 6.22. The molecule has 0 saturated carbocycles. The Morgan fingerprint density at radius 2 is 2.10 bits per heavy atom. The van der Waals surface area contributed by atoms with Crippen molar-refractivity contribution in [2.24, 2.45) is 0 Å². The summed E-state index contributed by atoms with van der Waals surface area (Å²) in [4.78, 5) is 4.98. The Morgan fingerprint density at radius 3 is 3.05 bits per heavy atom. The number of rotatable bonds is 3. The third-order valence-electron chi connectivity index (χ3n) is 4.88. The molecule has 1 N–H and O–H groups in total. The van der Waals surface area contributed by atoms with Gasteiger partial charge in [-0.2, -0.15) is 0 Å². The number of aliphatic hydroxyl groups is 1. The van der Waals surface area contributed by atoms with Crippen molar-refractivity contribution in [1.29, 1.82) is 0 Å². The molecule has 1 aromatic carbocycles. The second-order valence-corrected chi connectivity index (χ2v) is 6.22. The SMILES string of the molecule is OC(CN1CCN2CCCC2C1)c1ccc2c(c1)OCO2. The largest absolute Gasteiger partial charge is 0.454 e. The van der Waals surface area contributed by atoms with Crippen LogP contribution >= 0.6 is 0 Å². The number of fused-ring (bicyclic) bond motifs is 2. The quantitative estimate of drug-likeness (QED) is 0.907. The van der Waals surface area contributed by atoms with E-state index >= 15 is 0 Å². The molecule has 0 bridgehead atoms. The summed E-state index contributed by atoms with van der Waals surface area (Å²) in [6.07, 6.45) is 2.16. The number of benzene rings is 1. The molecule has 5 nitrogen and oxygen atoms in total. The molecule has 3 aliphatic rings. The number of ether oxygens (including phenoxy) is 2. The minimum absolute atomic E-state index is 0.276. The van der Waals surface area contributed by atoms with Crippen LogP contribution in [0.2, 0.25) is 0 Å². The molecule has 0 spiro atoms. The van der Waals surface area contributed by atoms with Gasteiger partial charge in [-0.3, -0.25) is 9.80 Å². The van der Waals surface area contributed by atoms with E-state index < -0.39 is 6.10 Å². The Morgan fingerprint density at radius 1 is 1.19 bits per heavy atom. The van der Waals surface area contributed by atoms with Gasteiger partial charge in [0.25, 0.3) is 0 Å². The van der Waals surface area contributed by atoms with Gasteiger partial charge in [0.1, 0.15) is 0 Å². The van der Waals surface area contributed by atoms with E-state index in [1.165, 1.54) is 19.4 Å². The van der Waals surface area contributed by atoms with E-state index in [2.05, 4.69) is 9.80 Å². The first-order valence-corrected chi connectivity index (χ1v) is 7.83. The highest BCUT2D eigenvalue weighted by Gasteiger charge is 2.31. The fraction of sp³-hybridized carbons (Fsp3) is 0.625. The van der Waals surface area contributed by atoms with E-state index in [0.717, 1.165) is 36.7 Å². The maximum absolute atomic E-state index is 10.5. The van der Waals surface area contributed by atoms with Crippen LogP contribution in [0.15, 0.2) is 18.2 Å². The van der Waals surface area contributed by atoms with Crippen molar-refractivity contribution < 1.29 is 14.6 Å². The van der Waals surface area contributed by atoms with Crippen LogP contribution in [0, 0.1) is 0 Å². The normalized spacial score (nSPS) is 26.8. The molecule has 2 atom stereocenters. The van der Waals surface area contributed by atoms with Crippen LogP contribution in [-0.2, 0) is 0 Å². The van der Waals surface area contributed by atoms with Gasteiger partial charge in [-0.1, -0.05) is 6.07 Å². The average molecular weight is 290 g/mol. The third kappa shape index (κ3) is 2.61. The molecule has 3 heterocycles. The first kappa shape index (κ1) is 13.4. The zero-order valence-corrected chi connectivity index (χ0v) is 12.2. The lowest BCUT2D eigenvalue weighted by Crippen LogP contribution is -2.50. The van der Waals surface area contributed by atoms with E-state index in [1.54, 1.807) is 0 Å². The molecule has 0 radical (unpaired) electrons. The molecule has 2 unspecified atom stereocenters. The molecule has 114 valence electrons. The van der Waals surface area contributed by atoms with E-state index in [0.29, 0.717) is 12.6 Å². The highest BCUT2D eigenvalue weighted by molar-refractivity contribution is 5.45. The lowest BCUT2D eigenvalue weighted by atomic mass is 10.1. The lowest BCUT2D eigenvalue weighted by Gasteiger charge is -2.38. The summed E-state index contributed by atoms with van der Waals surface area (Å²) in [5.41, 5.74) is 0.910. The van der Waals surface area contributed by atoms with E-state index in [4.69, 9.17) is 9.47 Å². The Hall–Kier alpha value is -1.30. The topological polar surface area (TPSA) is 45.2 Å². The molecule has 5 heteroatoms. The van der Waals surface area contributed by atoms with Gasteiger partial charge >= 0.3 is 0 Å². The van der Waals surface area contributed by atoms with Crippen molar-refractivity contribution in [3.8, 4) is 11.5 Å². The fourth-order valence-corrected chi connectivity index (χ4v) is 3.69. The van der Waals surface area contributed by atoms with Gasteiger partial charge in [0.05, 0.1) is 6.10 Å². The third-order valence-corrected chi connectivity index (χ3v) is 4.88. The van der Waals surface area contributed by atoms with Gasteiger partial charge in [0, 0.05) is 32.2 Å². The maximum Gasteiger partial charge on any atom is 0.231 e. The molecule has 2 saturated heterocycles. The number of β-amino-alcohol motifs (C(OH)–C–C–N with tert-alkyl or cyclic N) is 1. The minimum atomic E-state index is -0.465. The number of hydrogen-bond donors (Lipinski definition) is 1. The predicted octanol–water partition coefficient (Wildman–Crippen LogP) is 1.23. The fourth-order valence-electron chi connectivity index (χ4n) is 3.69. The van der Waals surface area contributed by atoms with Gasteiger partial charge in [-0.15, -0.1) is 0 Å². The minimum Gasteiger partial charge on any atom is -0.454 e. The first-order chi connectivity index (χ1) is 10.3. The van der Waals surface area contributed by atoms with Crippen molar-refractivity contribution in [3.63, 3.8) is 0 Å². The van der Waals surface area contributed by atoms with Gasteiger partial charge in [0.2, 0.25) is 6.79 Å². The number of hydrogen-bond acceptors (Lipinski definition) is 5. The zero-order chi connectivity index (χ0) is 14.2. The van der Waals surface area contributed by atoms with Crippen LogP contribution < -0.4 is 9.47 Å². The van der Waals surface area contributed by atoms with Crippen LogP contribution in [0.4, 0.5) is 0 Å². The Bertz CT molecular complexity index is 522. The van der Waals surface area contributed by atoms with Gasteiger partial charge in [-0.25, -0.2) is 0 Å². The maximum atomic E-state index is 10.5. The Kier molecular flexibility index (Phi) is 3.49. The monoisotopic (exact) mass is 290 g/mol. The summed E-state index contributed by atoms with van der Waals surface area (Å²) < 4.78 is 10.7. The van der Waals surface area contributed by atoms with Crippen LogP contribution in [-0.4, -0.2) is 60.5 Å². The highest BCUT2D eigenvalue weighted by Crippen LogP contribution is 2.34. The van der Waals surface area contributed by atoms with Crippen LogP contribution in [0.5, 0.6) is 11.5 Å². The van der Waals surface area contributed by atoms with Crippen LogP contribution in [0.3, 0.4) is 0 Å². The summed E-state index contributed by atoms with van der Waals surface area (Å²) in [6, 6.07) is 6.42. The first-order valence-electron chi connectivity index (χ1n) is 7.83. The summed E-state index contributed by atoms with van der Waals surface area (Å²) in [5.74, 6) is 1.51. The van der Waals surface area contributed by atoms with Crippen molar-refractivity contribution >= 4 is 0 Å². The predicted molar refractivity (Wildman–Crippen MR) is 78.6 cm³/mol. The summed E-state index contributed by atoms with van der Waals surface area (Å²) in [5, 5.41) is 10.5. The second kappa shape index (κ2) is 5.48. The molecule has 21 heavy (non-hydrogen) atoms. The van der Waals surface area contributed by atoms with E-state index in [9.17, 15) is 5.11 Å². The van der Waals surface area contributed by atoms with Gasteiger partial charge < -0.3 is 14.6 Å². The standard InChI is InChI=1S/C16H22N2O3/c19-14(12-3-4-15-16(8-12)21-11-20-15)10-17-6-7-18-5-1-2-13(18)9-17/h3-4,8,13-14,19H,1-2,5-7,9-11H2. The van der Waals surface area contributed by atoms with Crippen LogP contribution in [0.1, 0.15) is 24.5 Å². The Balaban J connectivity index is 1.40. The van der Waals surface area contributed by atoms with Crippen molar-refractivity contribution in [1.82, 2.24) is 9.80 Å². The van der Waals surface area contributed by atoms with E-state index in [-0.39, 0.29) is 6.79 Å². The molecule has 3 aliphatic heterocycles. The molecule has 2 fully saturated rings. The lowest BCUT2D eigenvalue weighted by molar-refractivity contribution is 0.0565. The Labute approximate surface area is 125 Å². The molecule has 0 aromatic heterocycles.